The van der Waals surface area contributed by atoms with Gasteiger partial charge in [0.15, 0.2) is 11.5 Å². The Labute approximate surface area is 184 Å². The van der Waals surface area contributed by atoms with Gasteiger partial charge in [0.2, 0.25) is 5.95 Å². The smallest absolute Gasteiger partial charge is 0.225 e. The van der Waals surface area contributed by atoms with Gasteiger partial charge in [0.25, 0.3) is 0 Å². The summed E-state index contributed by atoms with van der Waals surface area (Å²) < 4.78 is 17.1. The van der Waals surface area contributed by atoms with Crippen molar-refractivity contribution < 1.29 is 9.50 Å². The van der Waals surface area contributed by atoms with Crippen LogP contribution in [0.5, 0.6) is 0 Å². The number of pyridine rings is 1. The maximum atomic E-state index is 15.0. The molecule has 1 saturated heterocycles. The molecule has 2 aliphatic rings. The van der Waals surface area contributed by atoms with E-state index in [1.807, 2.05) is 23.1 Å². The van der Waals surface area contributed by atoms with Crippen molar-refractivity contribution in [1.29, 1.82) is 0 Å². The monoisotopic (exact) mass is 430 g/mol. The Bertz CT molecular complexity index is 1270. The number of aliphatic hydroxyl groups is 1. The highest BCUT2D eigenvalue weighted by atomic mass is 19.1. The third kappa shape index (κ3) is 3.22. The van der Waals surface area contributed by atoms with E-state index in [9.17, 15) is 9.50 Å². The van der Waals surface area contributed by atoms with E-state index in [0.717, 1.165) is 18.7 Å². The third-order valence-corrected chi connectivity index (χ3v) is 6.49. The summed E-state index contributed by atoms with van der Waals surface area (Å²) in [6.07, 6.45) is 6.20. The van der Waals surface area contributed by atoms with Crippen molar-refractivity contribution >= 4 is 17.1 Å². The highest BCUT2D eigenvalue weighted by Crippen LogP contribution is 2.36. The SMILES string of the molecule is OC1CCN(c2ncc(-c3nc4c(cc3F)nc3n4[C@@H](c4ccccc4)CC3)cn2)CC1. The summed E-state index contributed by atoms with van der Waals surface area (Å²) in [6, 6.07) is 11.9. The van der Waals surface area contributed by atoms with E-state index in [0.29, 0.717) is 48.6 Å². The predicted octanol–water partition coefficient (Wildman–Crippen LogP) is 3.52. The lowest BCUT2D eigenvalue weighted by Crippen LogP contribution is -2.36. The number of imidazole rings is 1. The summed E-state index contributed by atoms with van der Waals surface area (Å²) >= 11 is 0. The Morgan fingerprint density at radius 2 is 1.72 bits per heavy atom. The molecule has 0 bridgehead atoms. The van der Waals surface area contributed by atoms with Crippen molar-refractivity contribution in [3.05, 3.63) is 66.0 Å². The Balaban J connectivity index is 1.37. The number of nitrogens with zero attached hydrogens (tertiary/aromatic N) is 6. The van der Waals surface area contributed by atoms with Crippen molar-refractivity contribution in [2.75, 3.05) is 18.0 Å². The Morgan fingerprint density at radius 3 is 2.47 bits per heavy atom. The van der Waals surface area contributed by atoms with Crippen LogP contribution in [0.15, 0.2) is 48.8 Å². The van der Waals surface area contributed by atoms with Crippen LogP contribution < -0.4 is 4.90 Å². The van der Waals surface area contributed by atoms with Gasteiger partial charge in [0.1, 0.15) is 17.0 Å². The van der Waals surface area contributed by atoms with Gasteiger partial charge in [-0.05, 0) is 24.8 Å². The number of anilines is 1. The number of hydrogen-bond acceptors (Lipinski definition) is 6. The number of piperidine rings is 1. The topological polar surface area (TPSA) is 80.0 Å². The fraction of sp³-hybridized carbons (Fsp3) is 0.333. The maximum Gasteiger partial charge on any atom is 0.225 e. The molecule has 6 rings (SSSR count). The van der Waals surface area contributed by atoms with E-state index in [2.05, 4.69) is 31.7 Å². The van der Waals surface area contributed by atoms with Gasteiger partial charge in [-0.2, -0.15) is 0 Å². The third-order valence-electron chi connectivity index (χ3n) is 6.49. The fourth-order valence-corrected chi connectivity index (χ4v) is 4.81. The average Bonchev–Trinajstić information content (AvgIpc) is 3.39. The first-order valence-electron chi connectivity index (χ1n) is 11.0. The Morgan fingerprint density at radius 1 is 0.969 bits per heavy atom. The van der Waals surface area contributed by atoms with Gasteiger partial charge in [-0.3, -0.25) is 0 Å². The van der Waals surface area contributed by atoms with Crippen molar-refractivity contribution in [3.63, 3.8) is 0 Å². The van der Waals surface area contributed by atoms with Crippen LogP contribution in [-0.2, 0) is 6.42 Å². The number of aryl methyl sites for hydroxylation is 1. The minimum atomic E-state index is -0.428. The van der Waals surface area contributed by atoms with Crippen molar-refractivity contribution in [2.45, 2.75) is 37.8 Å². The van der Waals surface area contributed by atoms with Crippen molar-refractivity contribution in [1.82, 2.24) is 24.5 Å². The van der Waals surface area contributed by atoms with Crippen molar-refractivity contribution in [2.24, 2.45) is 0 Å². The van der Waals surface area contributed by atoms with E-state index in [-0.39, 0.29) is 17.8 Å². The van der Waals surface area contributed by atoms with Gasteiger partial charge in [-0.1, -0.05) is 30.3 Å². The van der Waals surface area contributed by atoms with Crippen LogP contribution >= 0.6 is 0 Å². The lowest BCUT2D eigenvalue weighted by atomic mass is 10.0. The number of halogens is 1. The Kier molecular flexibility index (Phi) is 4.61. The van der Waals surface area contributed by atoms with Crippen molar-refractivity contribution in [3.8, 4) is 11.3 Å². The van der Waals surface area contributed by atoms with Crippen LogP contribution in [0.1, 0.15) is 36.7 Å². The number of aromatic nitrogens is 5. The van der Waals surface area contributed by atoms with E-state index in [4.69, 9.17) is 4.98 Å². The second kappa shape index (κ2) is 7.63. The number of benzene rings is 1. The zero-order chi connectivity index (χ0) is 21.7. The second-order valence-corrected chi connectivity index (χ2v) is 8.51. The first-order chi connectivity index (χ1) is 15.7. The van der Waals surface area contributed by atoms with E-state index < -0.39 is 5.82 Å². The van der Waals surface area contributed by atoms with Crippen LogP contribution in [0.25, 0.3) is 22.4 Å². The largest absolute Gasteiger partial charge is 0.393 e. The molecule has 0 spiro atoms. The molecule has 4 aromatic rings. The van der Waals surface area contributed by atoms with Gasteiger partial charge < -0.3 is 14.6 Å². The summed E-state index contributed by atoms with van der Waals surface area (Å²) in [5.74, 6) is 1.11. The number of rotatable bonds is 3. The minimum Gasteiger partial charge on any atom is -0.393 e. The molecule has 7 nitrogen and oxygen atoms in total. The van der Waals surface area contributed by atoms with Crippen LogP contribution in [0.3, 0.4) is 0 Å². The van der Waals surface area contributed by atoms with Gasteiger partial charge in [0, 0.05) is 43.5 Å². The molecule has 1 aromatic carbocycles. The molecule has 32 heavy (non-hydrogen) atoms. The first kappa shape index (κ1) is 19.3. The highest BCUT2D eigenvalue weighted by Gasteiger charge is 2.29. The van der Waals surface area contributed by atoms with Crippen LogP contribution in [0, 0.1) is 5.82 Å². The molecule has 1 atom stereocenters. The molecule has 1 fully saturated rings. The summed E-state index contributed by atoms with van der Waals surface area (Å²) in [5, 5.41) is 9.70. The molecule has 2 aliphatic heterocycles. The fourth-order valence-electron chi connectivity index (χ4n) is 4.81. The lowest BCUT2D eigenvalue weighted by Gasteiger charge is -2.29. The van der Waals surface area contributed by atoms with E-state index in [1.54, 1.807) is 12.4 Å². The molecule has 0 aliphatic carbocycles. The summed E-state index contributed by atoms with van der Waals surface area (Å²) in [5.41, 5.74) is 3.25. The van der Waals surface area contributed by atoms with Gasteiger partial charge in [-0.25, -0.2) is 24.3 Å². The van der Waals surface area contributed by atoms with Gasteiger partial charge in [-0.15, -0.1) is 0 Å². The zero-order valence-electron chi connectivity index (χ0n) is 17.5. The zero-order valence-corrected chi connectivity index (χ0v) is 17.5. The predicted molar refractivity (Wildman–Crippen MR) is 119 cm³/mol. The summed E-state index contributed by atoms with van der Waals surface area (Å²) in [6.45, 7) is 1.42. The number of aliphatic hydroxyl groups excluding tert-OH is 1. The standard InChI is InChI=1S/C24H23FN6O/c25-18-12-19-23(31-20(6-7-21(31)28-19)15-4-2-1-3-5-15)29-22(18)16-13-26-24(27-14-16)30-10-8-17(32)9-11-30/h1-5,12-14,17,20,32H,6-11H2/t20-/m1/s1. The highest BCUT2D eigenvalue weighted by molar-refractivity contribution is 5.77. The molecular weight excluding hydrogens is 407 g/mol. The molecule has 0 amide bonds. The Hall–Kier alpha value is -3.39. The molecule has 5 heterocycles. The maximum absolute atomic E-state index is 15.0. The van der Waals surface area contributed by atoms with Gasteiger partial charge >= 0.3 is 0 Å². The second-order valence-electron chi connectivity index (χ2n) is 8.51. The normalized spacial score (nSPS) is 18.9. The number of hydrogen-bond donors (Lipinski definition) is 1. The summed E-state index contributed by atoms with van der Waals surface area (Å²) in [7, 11) is 0. The first-order valence-corrected chi connectivity index (χ1v) is 11.0. The molecular formula is C24H23FN6O. The van der Waals surface area contributed by atoms with Gasteiger partial charge in [0.05, 0.1) is 12.1 Å². The molecule has 0 saturated carbocycles. The molecule has 8 heteroatoms. The molecule has 0 unspecified atom stereocenters. The molecule has 0 radical (unpaired) electrons. The van der Waals surface area contributed by atoms with E-state index in [1.165, 1.54) is 11.6 Å². The summed E-state index contributed by atoms with van der Waals surface area (Å²) in [4.78, 5) is 20.3. The van der Waals surface area contributed by atoms with Crippen LogP contribution in [0.2, 0.25) is 0 Å². The quantitative estimate of drug-likeness (QED) is 0.536. The van der Waals surface area contributed by atoms with Crippen LogP contribution in [-0.4, -0.2) is 48.8 Å². The number of fused-ring (bicyclic) bond motifs is 3. The molecule has 162 valence electrons. The average molecular weight is 430 g/mol. The van der Waals surface area contributed by atoms with Crippen LogP contribution in [0.4, 0.5) is 10.3 Å². The van der Waals surface area contributed by atoms with E-state index >= 15 is 0 Å². The minimum absolute atomic E-state index is 0.148. The molecule has 1 N–H and O–H groups in total. The molecule has 3 aromatic heterocycles. The lowest BCUT2D eigenvalue weighted by molar-refractivity contribution is 0.145.